The first kappa shape index (κ1) is 22.6. The number of sulfone groups is 1. The topological polar surface area (TPSA) is 85.8 Å². The van der Waals surface area contributed by atoms with Gasteiger partial charge in [-0.25, -0.2) is 8.42 Å². The van der Waals surface area contributed by atoms with Crippen molar-refractivity contribution in [2.75, 3.05) is 19.3 Å². The fourth-order valence-electron chi connectivity index (χ4n) is 4.47. The lowest BCUT2D eigenvalue weighted by Crippen LogP contribution is -2.44. The van der Waals surface area contributed by atoms with Crippen LogP contribution in [0.15, 0.2) is 71.8 Å². The fraction of sp³-hybridized carbons (Fsp3) is 0.308. The predicted molar refractivity (Wildman–Crippen MR) is 127 cm³/mol. The zero-order valence-electron chi connectivity index (χ0n) is 18.9. The van der Waals surface area contributed by atoms with E-state index < -0.39 is 9.84 Å². The molecule has 3 aromatic rings. The lowest BCUT2D eigenvalue weighted by atomic mass is 9.95. The Labute approximate surface area is 199 Å². The summed E-state index contributed by atoms with van der Waals surface area (Å²) in [4.78, 5) is 18.9. The summed E-state index contributed by atoms with van der Waals surface area (Å²) in [6.07, 6.45) is 4.12. The number of ether oxygens (including phenoxy) is 2. The number of carbonyl (C=O) groups excluding carboxylic acids is 1. The normalized spacial score (nSPS) is 18.7. The maximum Gasteiger partial charge on any atom is 0.272 e. The van der Waals surface area contributed by atoms with Crippen molar-refractivity contribution in [1.82, 2.24) is 9.88 Å². The van der Waals surface area contributed by atoms with Crippen LogP contribution in [0.1, 0.15) is 28.9 Å². The first-order valence-electron chi connectivity index (χ1n) is 11.3. The minimum atomic E-state index is -3.22. The summed E-state index contributed by atoms with van der Waals surface area (Å²) in [6, 6.07) is 18.2. The molecule has 1 atom stereocenters. The van der Waals surface area contributed by atoms with Crippen molar-refractivity contribution >= 4 is 15.7 Å². The highest BCUT2D eigenvalue weighted by molar-refractivity contribution is 7.90. The van der Waals surface area contributed by atoms with Gasteiger partial charge in [-0.1, -0.05) is 24.3 Å². The van der Waals surface area contributed by atoms with Gasteiger partial charge in [0.25, 0.3) is 5.91 Å². The van der Waals surface area contributed by atoms with E-state index in [0.29, 0.717) is 30.3 Å². The fourth-order valence-corrected chi connectivity index (χ4v) is 5.10. The van der Waals surface area contributed by atoms with Crippen LogP contribution < -0.4 is 4.74 Å². The molecule has 0 aliphatic carbocycles. The Balaban J connectivity index is 1.22. The molecule has 2 aliphatic rings. The van der Waals surface area contributed by atoms with E-state index in [0.717, 1.165) is 35.3 Å². The van der Waals surface area contributed by atoms with Crippen molar-refractivity contribution in [2.45, 2.75) is 30.6 Å². The molecule has 176 valence electrons. The average molecular weight is 479 g/mol. The molecule has 0 radical (unpaired) electrons. The Morgan fingerprint density at radius 3 is 2.41 bits per heavy atom. The Morgan fingerprint density at radius 1 is 1.00 bits per heavy atom. The van der Waals surface area contributed by atoms with E-state index in [1.54, 1.807) is 30.5 Å². The molecule has 1 unspecified atom stereocenters. The number of nitrogens with zero attached hydrogens (tertiary/aromatic N) is 2. The van der Waals surface area contributed by atoms with Gasteiger partial charge in [0, 0.05) is 37.0 Å². The maximum absolute atomic E-state index is 12.6. The molecule has 1 saturated heterocycles. The summed E-state index contributed by atoms with van der Waals surface area (Å²) in [5.74, 6) is 0.982. The summed E-state index contributed by atoms with van der Waals surface area (Å²) in [6.45, 7) is 1.75. The number of aromatic nitrogens is 1. The highest BCUT2D eigenvalue weighted by Crippen LogP contribution is 2.35. The molecule has 0 spiro atoms. The minimum Gasteiger partial charge on any atom is -0.464 e. The van der Waals surface area contributed by atoms with Gasteiger partial charge >= 0.3 is 0 Å². The molecule has 1 amide bonds. The van der Waals surface area contributed by atoms with Gasteiger partial charge in [0.2, 0.25) is 6.29 Å². The van der Waals surface area contributed by atoms with Crippen molar-refractivity contribution < 1.29 is 22.7 Å². The molecule has 0 bridgehead atoms. The van der Waals surface area contributed by atoms with Crippen molar-refractivity contribution in [2.24, 2.45) is 5.92 Å². The van der Waals surface area contributed by atoms with Crippen molar-refractivity contribution in [3.63, 3.8) is 0 Å². The zero-order chi connectivity index (χ0) is 23.7. The van der Waals surface area contributed by atoms with E-state index in [-0.39, 0.29) is 18.1 Å². The molecule has 3 heterocycles. The van der Waals surface area contributed by atoms with Crippen LogP contribution >= 0.6 is 0 Å². The summed E-state index contributed by atoms with van der Waals surface area (Å²) in [5, 5.41) is 0. The Hall–Kier alpha value is -3.23. The second kappa shape index (κ2) is 9.19. The summed E-state index contributed by atoms with van der Waals surface area (Å²) < 4.78 is 35.6. The predicted octanol–water partition coefficient (Wildman–Crippen LogP) is 3.94. The second-order valence-corrected chi connectivity index (χ2v) is 10.8. The number of amides is 1. The van der Waals surface area contributed by atoms with Crippen molar-refractivity contribution in [3.05, 3.63) is 78.1 Å². The molecule has 0 N–H and O–H groups in total. The average Bonchev–Trinajstić information content (AvgIpc) is 2.88. The lowest BCUT2D eigenvalue weighted by molar-refractivity contribution is -0.148. The van der Waals surface area contributed by atoms with E-state index in [9.17, 15) is 13.2 Å². The van der Waals surface area contributed by atoms with Gasteiger partial charge in [-0.2, -0.15) is 0 Å². The van der Waals surface area contributed by atoms with Gasteiger partial charge in [-0.15, -0.1) is 0 Å². The largest absolute Gasteiger partial charge is 0.464 e. The lowest BCUT2D eigenvalue weighted by Gasteiger charge is -2.37. The summed E-state index contributed by atoms with van der Waals surface area (Å²) in [5.41, 5.74) is 3.35. The first-order valence-corrected chi connectivity index (χ1v) is 13.2. The van der Waals surface area contributed by atoms with E-state index in [1.165, 1.54) is 6.26 Å². The molecule has 2 aromatic carbocycles. The van der Waals surface area contributed by atoms with Crippen LogP contribution in [-0.4, -0.2) is 49.8 Å². The highest BCUT2D eigenvalue weighted by atomic mass is 32.2. The van der Waals surface area contributed by atoms with Crippen LogP contribution in [0.4, 0.5) is 0 Å². The van der Waals surface area contributed by atoms with Gasteiger partial charge in [0.15, 0.2) is 9.84 Å². The van der Waals surface area contributed by atoms with E-state index in [2.05, 4.69) is 4.98 Å². The SMILES string of the molecule is CS(=O)(=O)c1ccc(-c2ccc3c(c2)COC(C2CCN(C(=O)c4ccccn4)CC2)O3)cc1. The minimum absolute atomic E-state index is 0.0352. The maximum atomic E-state index is 12.6. The molecule has 5 rings (SSSR count). The molecule has 1 aromatic heterocycles. The number of pyridine rings is 1. The van der Waals surface area contributed by atoms with Gasteiger partial charge in [-0.05, 0) is 60.4 Å². The number of fused-ring (bicyclic) bond motifs is 1. The molecule has 2 aliphatic heterocycles. The third-order valence-corrected chi connectivity index (χ3v) is 7.55. The number of piperidine rings is 1. The number of hydrogen-bond donors (Lipinski definition) is 0. The van der Waals surface area contributed by atoms with Gasteiger partial charge < -0.3 is 14.4 Å². The zero-order valence-corrected chi connectivity index (χ0v) is 19.7. The van der Waals surface area contributed by atoms with Gasteiger partial charge in [0.1, 0.15) is 11.4 Å². The Kier molecular flexibility index (Phi) is 6.10. The second-order valence-electron chi connectivity index (χ2n) is 8.76. The van der Waals surface area contributed by atoms with Crippen LogP contribution in [-0.2, 0) is 21.2 Å². The van der Waals surface area contributed by atoms with E-state index in [4.69, 9.17) is 9.47 Å². The molecule has 34 heavy (non-hydrogen) atoms. The van der Waals surface area contributed by atoms with Crippen LogP contribution in [0.25, 0.3) is 11.1 Å². The van der Waals surface area contributed by atoms with Gasteiger partial charge in [0.05, 0.1) is 11.5 Å². The summed E-state index contributed by atoms with van der Waals surface area (Å²) in [7, 11) is -3.22. The van der Waals surface area contributed by atoms with Crippen LogP contribution in [0, 0.1) is 5.92 Å². The number of carbonyl (C=O) groups is 1. The van der Waals surface area contributed by atoms with Crippen LogP contribution in [0.3, 0.4) is 0 Å². The number of hydrogen-bond acceptors (Lipinski definition) is 6. The summed E-state index contributed by atoms with van der Waals surface area (Å²) >= 11 is 0. The molecule has 0 saturated carbocycles. The molecular weight excluding hydrogens is 452 g/mol. The standard InChI is InChI=1S/C26H26N2O5S/c1-34(30,31)22-8-5-18(6-9-22)20-7-10-24-21(16-20)17-32-26(33-24)19-11-14-28(15-12-19)25(29)23-4-2-3-13-27-23/h2-10,13,16,19,26H,11-12,14-15,17H2,1H3. The number of rotatable bonds is 4. The Morgan fingerprint density at radius 2 is 1.74 bits per heavy atom. The number of likely N-dealkylation sites (tertiary alicyclic amines) is 1. The first-order chi connectivity index (χ1) is 16.4. The van der Waals surface area contributed by atoms with E-state index in [1.807, 2.05) is 41.3 Å². The van der Waals surface area contributed by atoms with Crippen LogP contribution in [0.2, 0.25) is 0 Å². The van der Waals surface area contributed by atoms with E-state index >= 15 is 0 Å². The Bertz CT molecular complexity index is 1280. The quantitative estimate of drug-likeness (QED) is 0.565. The third kappa shape index (κ3) is 4.69. The molecular formula is C26H26N2O5S. The smallest absolute Gasteiger partial charge is 0.272 e. The van der Waals surface area contributed by atoms with Crippen molar-refractivity contribution in [1.29, 1.82) is 0 Å². The van der Waals surface area contributed by atoms with Crippen LogP contribution in [0.5, 0.6) is 5.75 Å². The third-order valence-electron chi connectivity index (χ3n) is 6.42. The van der Waals surface area contributed by atoms with Crippen molar-refractivity contribution in [3.8, 4) is 16.9 Å². The molecule has 7 nitrogen and oxygen atoms in total. The highest BCUT2D eigenvalue weighted by Gasteiger charge is 2.33. The molecule has 1 fully saturated rings. The monoisotopic (exact) mass is 478 g/mol. The van der Waals surface area contributed by atoms with Gasteiger partial charge in [-0.3, -0.25) is 9.78 Å². The number of benzene rings is 2. The molecule has 8 heteroatoms.